The van der Waals surface area contributed by atoms with Gasteiger partial charge in [-0.3, -0.25) is 0 Å². The first-order valence-electron chi connectivity index (χ1n) is 6.66. The molecule has 0 aromatic heterocycles. The highest BCUT2D eigenvalue weighted by atomic mass is 19.2. The van der Waals surface area contributed by atoms with Crippen LogP contribution in [-0.2, 0) is 13.0 Å². The summed E-state index contributed by atoms with van der Waals surface area (Å²) < 4.78 is 27.1. The van der Waals surface area contributed by atoms with E-state index in [-0.39, 0.29) is 6.04 Å². The van der Waals surface area contributed by atoms with Gasteiger partial charge >= 0.3 is 0 Å². The fourth-order valence-electron chi connectivity index (χ4n) is 2.75. The molecule has 0 bridgehead atoms. The maximum atomic E-state index is 13.8. The second kappa shape index (κ2) is 5.21. The molecule has 2 N–H and O–H groups in total. The van der Waals surface area contributed by atoms with Crippen molar-refractivity contribution >= 4 is 5.69 Å². The van der Waals surface area contributed by atoms with Crippen LogP contribution >= 0.6 is 0 Å². The smallest absolute Gasteiger partial charge is 0.163 e. The van der Waals surface area contributed by atoms with E-state index in [1.54, 1.807) is 6.07 Å². The van der Waals surface area contributed by atoms with Crippen molar-refractivity contribution < 1.29 is 8.78 Å². The van der Waals surface area contributed by atoms with Gasteiger partial charge in [-0.1, -0.05) is 30.3 Å². The number of halogens is 2. The lowest BCUT2D eigenvalue weighted by Crippen LogP contribution is -2.43. The van der Waals surface area contributed by atoms with Gasteiger partial charge in [0.05, 0.1) is 0 Å². The molecule has 0 saturated carbocycles. The molecule has 2 aromatic carbocycles. The van der Waals surface area contributed by atoms with Crippen LogP contribution < -0.4 is 10.6 Å². The minimum absolute atomic E-state index is 0.0153. The number of rotatable bonds is 2. The lowest BCUT2D eigenvalue weighted by Gasteiger charge is -2.34. The zero-order valence-electron chi connectivity index (χ0n) is 11.0. The molecule has 0 amide bonds. The van der Waals surface area contributed by atoms with E-state index in [4.69, 9.17) is 5.73 Å². The fourth-order valence-corrected chi connectivity index (χ4v) is 2.75. The van der Waals surface area contributed by atoms with Crippen LogP contribution in [-0.4, -0.2) is 12.6 Å². The molecule has 3 rings (SSSR count). The molecule has 20 heavy (non-hydrogen) atoms. The van der Waals surface area contributed by atoms with E-state index in [1.165, 1.54) is 6.07 Å². The zero-order valence-corrected chi connectivity index (χ0v) is 11.0. The largest absolute Gasteiger partial charge is 0.365 e. The number of hydrogen-bond acceptors (Lipinski definition) is 2. The normalized spacial score (nSPS) is 17.9. The van der Waals surface area contributed by atoms with E-state index >= 15 is 0 Å². The maximum absolute atomic E-state index is 13.8. The first kappa shape index (κ1) is 13.1. The Morgan fingerprint density at radius 3 is 2.75 bits per heavy atom. The molecule has 1 aliphatic heterocycles. The summed E-state index contributed by atoms with van der Waals surface area (Å²) in [6.45, 7) is 0.973. The minimum atomic E-state index is -0.808. The van der Waals surface area contributed by atoms with Crippen molar-refractivity contribution in [2.24, 2.45) is 5.73 Å². The summed E-state index contributed by atoms with van der Waals surface area (Å²) in [7, 11) is 0. The average Bonchev–Trinajstić information content (AvgIpc) is 2.43. The number of nitrogens with zero attached hydrogens (tertiary/aromatic N) is 1. The zero-order chi connectivity index (χ0) is 14.1. The van der Waals surface area contributed by atoms with E-state index in [0.717, 1.165) is 23.7 Å². The molecule has 1 aliphatic rings. The van der Waals surface area contributed by atoms with Gasteiger partial charge in [0.15, 0.2) is 11.6 Å². The first-order valence-corrected chi connectivity index (χ1v) is 6.66. The van der Waals surface area contributed by atoms with Gasteiger partial charge in [-0.05, 0) is 24.1 Å². The monoisotopic (exact) mass is 274 g/mol. The van der Waals surface area contributed by atoms with Gasteiger partial charge in [0.1, 0.15) is 0 Å². The maximum Gasteiger partial charge on any atom is 0.163 e. The van der Waals surface area contributed by atoms with Crippen LogP contribution in [0.15, 0.2) is 42.5 Å². The summed E-state index contributed by atoms with van der Waals surface area (Å²) in [5, 5.41) is 0. The van der Waals surface area contributed by atoms with Crippen LogP contribution in [0, 0.1) is 11.6 Å². The Kier molecular flexibility index (Phi) is 3.40. The number of anilines is 1. The van der Waals surface area contributed by atoms with Crippen LogP contribution in [0.3, 0.4) is 0 Å². The number of benzene rings is 2. The SMILES string of the molecule is NC1Cc2ccccc2N(Cc2cccc(F)c2F)C1. The van der Waals surface area contributed by atoms with Gasteiger partial charge in [-0.2, -0.15) is 0 Å². The van der Waals surface area contributed by atoms with Crippen molar-refractivity contribution in [1.82, 2.24) is 0 Å². The topological polar surface area (TPSA) is 29.3 Å². The van der Waals surface area contributed by atoms with Crippen LogP contribution in [0.4, 0.5) is 14.5 Å². The minimum Gasteiger partial charge on any atom is -0.365 e. The Morgan fingerprint density at radius 2 is 1.90 bits per heavy atom. The highest BCUT2D eigenvalue weighted by molar-refractivity contribution is 5.56. The quantitative estimate of drug-likeness (QED) is 0.912. The molecule has 0 saturated heterocycles. The van der Waals surface area contributed by atoms with E-state index in [0.29, 0.717) is 18.7 Å². The molecule has 1 heterocycles. The molecule has 104 valence electrons. The third kappa shape index (κ3) is 2.39. The molecule has 1 unspecified atom stereocenters. The van der Waals surface area contributed by atoms with Gasteiger partial charge in [-0.15, -0.1) is 0 Å². The van der Waals surface area contributed by atoms with Crippen molar-refractivity contribution in [2.75, 3.05) is 11.4 Å². The predicted octanol–water partition coefficient (Wildman–Crippen LogP) is 2.85. The van der Waals surface area contributed by atoms with Crippen molar-refractivity contribution in [3.8, 4) is 0 Å². The number of hydrogen-bond donors (Lipinski definition) is 1. The van der Waals surface area contributed by atoms with Gasteiger partial charge < -0.3 is 10.6 Å². The molecular weight excluding hydrogens is 258 g/mol. The molecular formula is C16H16F2N2. The van der Waals surface area contributed by atoms with Gasteiger partial charge in [0, 0.05) is 30.4 Å². The summed E-state index contributed by atoms with van der Waals surface area (Å²) in [6.07, 6.45) is 0.818. The van der Waals surface area contributed by atoms with E-state index in [9.17, 15) is 8.78 Å². The molecule has 2 nitrogen and oxygen atoms in total. The van der Waals surface area contributed by atoms with Crippen molar-refractivity contribution in [3.05, 3.63) is 65.2 Å². The highest BCUT2D eigenvalue weighted by Gasteiger charge is 2.22. The molecule has 2 aromatic rings. The Labute approximate surface area is 116 Å². The van der Waals surface area contributed by atoms with Gasteiger partial charge in [-0.25, -0.2) is 8.78 Å². The Hall–Kier alpha value is -1.94. The summed E-state index contributed by atoms with van der Waals surface area (Å²) in [5.41, 5.74) is 8.62. The van der Waals surface area contributed by atoms with Crippen LogP contribution in [0.2, 0.25) is 0 Å². The molecule has 1 atom stereocenters. The third-order valence-electron chi connectivity index (χ3n) is 3.66. The number of para-hydroxylation sites is 1. The van der Waals surface area contributed by atoms with Crippen LogP contribution in [0.5, 0.6) is 0 Å². The fraction of sp³-hybridized carbons (Fsp3) is 0.250. The third-order valence-corrected chi connectivity index (χ3v) is 3.66. The molecule has 0 fully saturated rings. The van der Waals surface area contributed by atoms with Crippen LogP contribution in [0.1, 0.15) is 11.1 Å². The molecule has 0 spiro atoms. The van der Waals surface area contributed by atoms with E-state index in [2.05, 4.69) is 0 Å². The van der Waals surface area contributed by atoms with E-state index in [1.807, 2.05) is 29.2 Å². The summed E-state index contributed by atoms with van der Waals surface area (Å²) in [4.78, 5) is 2.02. The summed E-state index contributed by atoms with van der Waals surface area (Å²) in [6, 6.07) is 12.2. The lowest BCUT2D eigenvalue weighted by atomic mass is 9.98. The molecule has 0 aliphatic carbocycles. The van der Waals surface area contributed by atoms with Crippen LogP contribution in [0.25, 0.3) is 0 Å². The van der Waals surface area contributed by atoms with Crippen molar-refractivity contribution in [1.29, 1.82) is 0 Å². The van der Waals surface area contributed by atoms with Crippen molar-refractivity contribution in [3.63, 3.8) is 0 Å². The first-order chi connectivity index (χ1) is 9.65. The molecule has 4 heteroatoms. The predicted molar refractivity (Wildman–Crippen MR) is 75.5 cm³/mol. The second-order valence-corrected chi connectivity index (χ2v) is 5.19. The Balaban J connectivity index is 1.93. The summed E-state index contributed by atoms with van der Waals surface area (Å²) >= 11 is 0. The average molecular weight is 274 g/mol. The van der Waals surface area contributed by atoms with E-state index < -0.39 is 11.6 Å². The number of nitrogens with two attached hydrogens (primary N) is 1. The Bertz CT molecular complexity index is 628. The number of fused-ring (bicyclic) bond motifs is 1. The lowest BCUT2D eigenvalue weighted by molar-refractivity contribution is 0.494. The molecule has 0 radical (unpaired) electrons. The standard InChI is InChI=1S/C16H16F2N2/c17-14-6-3-5-12(16(14)18)9-20-10-13(19)8-11-4-1-2-7-15(11)20/h1-7,13H,8-10,19H2. The highest BCUT2D eigenvalue weighted by Crippen LogP contribution is 2.28. The summed E-state index contributed by atoms with van der Waals surface area (Å²) in [5.74, 6) is -1.58. The Morgan fingerprint density at radius 1 is 1.10 bits per heavy atom. The van der Waals surface area contributed by atoms with Crippen molar-refractivity contribution in [2.45, 2.75) is 19.0 Å². The van der Waals surface area contributed by atoms with Gasteiger partial charge in [0.2, 0.25) is 0 Å². The van der Waals surface area contributed by atoms with Gasteiger partial charge in [0.25, 0.3) is 0 Å². The second-order valence-electron chi connectivity index (χ2n) is 5.19.